The van der Waals surface area contributed by atoms with Crippen molar-refractivity contribution < 1.29 is 19.4 Å². The fraction of sp³-hybridized carbons (Fsp3) is 0.652. The topological polar surface area (TPSA) is 71.4 Å². The highest BCUT2D eigenvalue weighted by molar-refractivity contribution is 6.05. The molecule has 0 aromatic heterocycles. The van der Waals surface area contributed by atoms with Crippen LogP contribution in [-0.2, 0) is 9.47 Å². The van der Waals surface area contributed by atoms with Crippen LogP contribution in [-0.4, -0.2) is 66.9 Å². The first-order chi connectivity index (χ1) is 14.1. The summed E-state index contributed by atoms with van der Waals surface area (Å²) in [7, 11) is 1.36. The molecule has 2 aliphatic heterocycles. The Morgan fingerprint density at radius 3 is 2.86 bits per heavy atom. The van der Waals surface area contributed by atoms with Gasteiger partial charge in [-0.15, -0.1) is 0 Å². The number of β-amino-alcohol motifs (C(OH)–C–C–N with tert-alkyl or cyclic N) is 1. The number of methoxy groups -OCH3 is 1. The van der Waals surface area contributed by atoms with E-state index in [1.54, 1.807) is 18.2 Å². The van der Waals surface area contributed by atoms with Crippen molar-refractivity contribution in [2.45, 2.75) is 57.2 Å². The summed E-state index contributed by atoms with van der Waals surface area (Å²) in [6, 6.07) is 7.31. The van der Waals surface area contributed by atoms with Gasteiger partial charge in [0.1, 0.15) is 12.6 Å². The Balaban J connectivity index is 1.42. The largest absolute Gasteiger partial charge is 0.475 e. The molecule has 2 fully saturated rings. The van der Waals surface area contributed by atoms with Gasteiger partial charge in [-0.1, -0.05) is 31.4 Å². The average Bonchev–Trinajstić information content (AvgIpc) is 3.24. The average molecular weight is 401 g/mol. The third-order valence-electron chi connectivity index (χ3n) is 6.91. The minimum absolute atomic E-state index is 0.313. The summed E-state index contributed by atoms with van der Waals surface area (Å²) in [4.78, 5) is 19.1. The number of benzene rings is 1. The van der Waals surface area contributed by atoms with Crippen LogP contribution in [0.5, 0.6) is 0 Å². The second-order valence-electron chi connectivity index (χ2n) is 8.76. The van der Waals surface area contributed by atoms with E-state index in [0.29, 0.717) is 36.2 Å². The zero-order chi connectivity index (χ0) is 20.4. The maximum absolute atomic E-state index is 12.0. The maximum Gasteiger partial charge on any atom is 0.338 e. The second-order valence-corrected chi connectivity index (χ2v) is 8.76. The number of aliphatic hydroxyl groups is 1. The molecule has 3 unspecified atom stereocenters. The van der Waals surface area contributed by atoms with E-state index in [2.05, 4.69) is 16.8 Å². The number of carbonyl (C=O) groups excluding carboxylic acids is 1. The molecule has 1 aliphatic carbocycles. The number of piperidine rings is 1. The number of nitrogens with zero attached hydrogens (tertiary/aromatic N) is 2. The van der Waals surface area contributed by atoms with E-state index < -0.39 is 12.1 Å². The van der Waals surface area contributed by atoms with E-state index >= 15 is 0 Å². The lowest BCUT2D eigenvalue weighted by molar-refractivity contribution is 0.00537. The molecule has 158 valence electrons. The van der Waals surface area contributed by atoms with Crippen molar-refractivity contribution in [2.24, 2.45) is 16.8 Å². The van der Waals surface area contributed by atoms with Crippen molar-refractivity contribution in [3.05, 3.63) is 35.4 Å². The van der Waals surface area contributed by atoms with Gasteiger partial charge in [-0.3, -0.25) is 4.90 Å². The molecular weight excluding hydrogens is 368 g/mol. The van der Waals surface area contributed by atoms with E-state index in [4.69, 9.17) is 9.47 Å². The van der Waals surface area contributed by atoms with Crippen molar-refractivity contribution in [1.82, 2.24) is 4.90 Å². The van der Waals surface area contributed by atoms with E-state index in [9.17, 15) is 9.90 Å². The van der Waals surface area contributed by atoms with E-state index in [0.717, 1.165) is 18.4 Å². The number of carbonyl (C=O) groups is 1. The molecule has 1 saturated heterocycles. The van der Waals surface area contributed by atoms with Crippen LogP contribution in [0.25, 0.3) is 0 Å². The van der Waals surface area contributed by atoms with Gasteiger partial charge in [-0.25, -0.2) is 9.79 Å². The third kappa shape index (κ3) is 4.33. The standard InChI is InChI=1S/C23H32N2O4/c1-15-11-16-7-3-4-8-17(16)12-25(15)13-21(26)20-14-29-22(24-20)18-9-5-6-10-19(18)23(27)28-2/h5-6,9-10,15-17,20-21,26H,3-4,7-8,11-14H2,1-2H3/t15-,16?,17?,20+,21?/m1/s1. The minimum atomic E-state index is -0.583. The normalized spacial score (nSPS) is 30.8. The van der Waals surface area contributed by atoms with Gasteiger partial charge in [0.15, 0.2) is 0 Å². The lowest BCUT2D eigenvalue weighted by atomic mass is 9.73. The molecule has 1 saturated carbocycles. The van der Waals surface area contributed by atoms with Gasteiger partial charge in [0.25, 0.3) is 0 Å². The lowest BCUT2D eigenvalue weighted by Gasteiger charge is -2.45. The Morgan fingerprint density at radius 2 is 2.07 bits per heavy atom. The van der Waals surface area contributed by atoms with Gasteiger partial charge in [-0.2, -0.15) is 0 Å². The van der Waals surface area contributed by atoms with Gasteiger partial charge in [-0.05, 0) is 43.7 Å². The van der Waals surface area contributed by atoms with Gasteiger partial charge in [0.05, 0.1) is 24.3 Å². The quantitative estimate of drug-likeness (QED) is 0.770. The summed E-state index contributed by atoms with van der Waals surface area (Å²) >= 11 is 0. The highest BCUT2D eigenvalue weighted by Crippen LogP contribution is 2.38. The van der Waals surface area contributed by atoms with Crippen molar-refractivity contribution in [3.63, 3.8) is 0 Å². The first kappa shape index (κ1) is 20.4. The third-order valence-corrected chi connectivity index (χ3v) is 6.91. The molecule has 1 aromatic rings. The second kappa shape index (κ2) is 8.84. The number of hydrogen-bond donors (Lipinski definition) is 1. The van der Waals surface area contributed by atoms with Crippen molar-refractivity contribution >= 4 is 11.9 Å². The number of ether oxygens (including phenoxy) is 2. The summed E-state index contributed by atoms with van der Waals surface area (Å²) in [5.74, 6) is 1.63. The number of rotatable bonds is 5. The van der Waals surface area contributed by atoms with Gasteiger partial charge >= 0.3 is 5.97 Å². The number of hydrogen-bond acceptors (Lipinski definition) is 6. The molecule has 2 heterocycles. The van der Waals surface area contributed by atoms with Crippen LogP contribution in [0.15, 0.2) is 29.3 Å². The maximum atomic E-state index is 12.0. The van der Waals surface area contributed by atoms with Gasteiger partial charge in [0.2, 0.25) is 5.90 Å². The van der Waals surface area contributed by atoms with Crippen molar-refractivity contribution in [2.75, 3.05) is 26.8 Å². The Hall–Kier alpha value is -1.92. The van der Waals surface area contributed by atoms with E-state index in [1.807, 2.05) is 6.07 Å². The fourth-order valence-electron chi connectivity index (χ4n) is 5.21. The summed E-state index contributed by atoms with van der Waals surface area (Å²) in [5, 5.41) is 10.9. The summed E-state index contributed by atoms with van der Waals surface area (Å²) in [6.07, 6.45) is 6.06. The van der Waals surface area contributed by atoms with Gasteiger partial charge in [0, 0.05) is 19.1 Å². The number of aliphatic imine (C=N–C) groups is 1. The highest BCUT2D eigenvalue weighted by Gasteiger charge is 2.37. The van der Waals surface area contributed by atoms with Gasteiger partial charge < -0.3 is 14.6 Å². The number of aliphatic hydroxyl groups excluding tert-OH is 1. The van der Waals surface area contributed by atoms with Crippen LogP contribution in [0, 0.1) is 11.8 Å². The lowest BCUT2D eigenvalue weighted by Crippen LogP contribution is -2.51. The van der Waals surface area contributed by atoms with E-state index in [1.165, 1.54) is 39.2 Å². The van der Waals surface area contributed by atoms with Crippen LogP contribution >= 0.6 is 0 Å². The van der Waals surface area contributed by atoms with Crippen molar-refractivity contribution in [3.8, 4) is 0 Å². The first-order valence-electron chi connectivity index (χ1n) is 10.9. The van der Waals surface area contributed by atoms with Crippen LogP contribution in [0.4, 0.5) is 0 Å². The van der Waals surface area contributed by atoms with Crippen molar-refractivity contribution in [1.29, 1.82) is 0 Å². The molecule has 6 heteroatoms. The molecule has 3 aliphatic rings. The molecule has 0 amide bonds. The predicted molar refractivity (Wildman–Crippen MR) is 111 cm³/mol. The van der Waals surface area contributed by atoms with Crippen LogP contribution < -0.4 is 0 Å². The van der Waals surface area contributed by atoms with E-state index in [-0.39, 0.29) is 6.04 Å². The Bertz CT molecular complexity index is 765. The summed E-state index contributed by atoms with van der Waals surface area (Å²) in [6.45, 7) is 4.32. The predicted octanol–water partition coefficient (Wildman–Crippen LogP) is 2.88. The monoisotopic (exact) mass is 400 g/mol. The zero-order valence-corrected chi connectivity index (χ0v) is 17.4. The number of likely N-dealkylation sites (tertiary alicyclic amines) is 1. The van der Waals surface area contributed by atoms with Crippen LogP contribution in [0.1, 0.15) is 54.9 Å². The molecule has 1 aromatic carbocycles. The van der Waals surface area contributed by atoms with Crippen LogP contribution in [0.3, 0.4) is 0 Å². The highest BCUT2D eigenvalue weighted by atomic mass is 16.5. The Labute approximate surface area is 172 Å². The fourth-order valence-corrected chi connectivity index (χ4v) is 5.21. The molecule has 5 atom stereocenters. The smallest absolute Gasteiger partial charge is 0.338 e. The molecule has 6 nitrogen and oxygen atoms in total. The first-order valence-corrected chi connectivity index (χ1v) is 10.9. The number of fused-ring (bicyclic) bond motifs is 1. The molecule has 0 spiro atoms. The molecule has 0 radical (unpaired) electrons. The zero-order valence-electron chi connectivity index (χ0n) is 17.4. The Kier molecular flexibility index (Phi) is 6.20. The molecule has 1 N–H and O–H groups in total. The SMILES string of the molecule is COC(=O)c1ccccc1C1=N[C@H](C(O)CN2CC3CCCCC3C[C@H]2C)CO1. The van der Waals surface area contributed by atoms with Crippen LogP contribution in [0.2, 0.25) is 0 Å². The Morgan fingerprint density at radius 1 is 1.31 bits per heavy atom. The minimum Gasteiger partial charge on any atom is -0.475 e. The summed E-state index contributed by atoms with van der Waals surface area (Å²) in [5.41, 5.74) is 1.04. The molecule has 29 heavy (non-hydrogen) atoms. The molecule has 0 bridgehead atoms. The molecule has 4 rings (SSSR count). The summed E-state index contributed by atoms with van der Waals surface area (Å²) < 4.78 is 10.6. The molecular formula is C23H32N2O4. The number of esters is 1.